The van der Waals surface area contributed by atoms with Gasteiger partial charge in [-0.05, 0) is 48.4 Å². The molecule has 6 heteroatoms. The van der Waals surface area contributed by atoms with E-state index in [-0.39, 0.29) is 11.0 Å². The predicted molar refractivity (Wildman–Crippen MR) is 124 cm³/mol. The molecule has 6 nitrogen and oxygen atoms in total. The summed E-state index contributed by atoms with van der Waals surface area (Å²) in [6, 6.07) is 19.1. The van der Waals surface area contributed by atoms with Crippen molar-refractivity contribution in [3.8, 4) is 6.07 Å². The van der Waals surface area contributed by atoms with Crippen molar-refractivity contribution in [2.24, 2.45) is 0 Å². The van der Waals surface area contributed by atoms with E-state index in [1.165, 1.54) is 5.56 Å². The van der Waals surface area contributed by atoms with E-state index in [0.29, 0.717) is 16.8 Å². The third-order valence-electron chi connectivity index (χ3n) is 6.10. The molecule has 0 aromatic heterocycles. The summed E-state index contributed by atoms with van der Waals surface area (Å²) in [5.74, 6) is -1.16. The Labute approximate surface area is 187 Å². The lowest BCUT2D eigenvalue weighted by Gasteiger charge is -2.28. The minimum Gasteiger partial charge on any atom is -0.347 e. The van der Waals surface area contributed by atoms with Gasteiger partial charge in [-0.1, -0.05) is 50.2 Å². The summed E-state index contributed by atoms with van der Waals surface area (Å²) in [4.78, 5) is 28.2. The van der Waals surface area contributed by atoms with E-state index in [1.54, 1.807) is 37.3 Å². The Hall–Kier alpha value is -4.11. The fraction of sp³-hybridized carbons (Fsp3) is 0.192. The van der Waals surface area contributed by atoms with E-state index in [9.17, 15) is 14.9 Å². The predicted octanol–water partition coefficient (Wildman–Crippen LogP) is 4.46. The molecule has 32 heavy (non-hydrogen) atoms. The second kappa shape index (κ2) is 7.86. The number of nitrogens with one attached hydrogen (secondary N) is 1. The van der Waals surface area contributed by atoms with Gasteiger partial charge < -0.3 is 4.90 Å². The number of para-hydroxylation sites is 2. The zero-order valence-corrected chi connectivity index (χ0v) is 18.5. The maximum Gasteiger partial charge on any atom is 0.290 e. The maximum absolute atomic E-state index is 13.3. The molecule has 0 aliphatic carbocycles. The first-order valence-corrected chi connectivity index (χ1v) is 10.3. The number of allylic oxidation sites excluding steroid dienone is 3. The summed E-state index contributed by atoms with van der Waals surface area (Å²) in [5.41, 5.74) is 7.12. The molecular formula is C26H24N4O2. The lowest BCUT2D eigenvalue weighted by Crippen LogP contribution is -2.46. The fourth-order valence-corrected chi connectivity index (χ4v) is 4.32. The van der Waals surface area contributed by atoms with E-state index in [4.69, 9.17) is 0 Å². The van der Waals surface area contributed by atoms with Crippen molar-refractivity contribution in [2.45, 2.75) is 26.2 Å². The number of carbonyl (C=O) groups is 2. The van der Waals surface area contributed by atoms with Crippen LogP contribution in [0.15, 0.2) is 89.2 Å². The second-order valence-electron chi connectivity index (χ2n) is 8.37. The minimum absolute atomic E-state index is 0.0556. The number of anilines is 2. The highest BCUT2D eigenvalue weighted by Gasteiger charge is 2.39. The minimum atomic E-state index is -0.658. The van der Waals surface area contributed by atoms with Crippen LogP contribution in [0.25, 0.3) is 0 Å². The number of amides is 2. The zero-order chi connectivity index (χ0) is 23.0. The molecular weight excluding hydrogens is 400 g/mol. The number of benzene rings is 2. The quantitative estimate of drug-likeness (QED) is 0.582. The molecule has 2 aliphatic rings. The van der Waals surface area contributed by atoms with Gasteiger partial charge in [0.25, 0.3) is 11.8 Å². The standard InChI is InChI=1S/C26H24N4O2/c1-17-19(14-15-23-26(2,3)21-12-8-9-13-22(21)29(23)4)24(31)30(25(32)20(17)16-27)28-18-10-6-5-7-11-18/h5-15,28H,1-4H3. The molecule has 0 radical (unpaired) electrons. The molecule has 0 atom stereocenters. The van der Waals surface area contributed by atoms with Gasteiger partial charge in [-0.15, -0.1) is 0 Å². The van der Waals surface area contributed by atoms with Crippen LogP contribution in [-0.4, -0.2) is 23.9 Å². The third kappa shape index (κ3) is 3.28. The SMILES string of the molecule is CC1=C(C#N)C(=O)N(Nc2ccccc2)C(=O)C1=CC=C1N(C)c2ccccc2C1(C)C. The van der Waals surface area contributed by atoms with Gasteiger partial charge in [0, 0.05) is 29.4 Å². The summed E-state index contributed by atoms with van der Waals surface area (Å²) < 4.78 is 0. The van der Waals surface area contributed by atoms with Crippen molar-refractivity contribution in [1.82, 2.24) is 5.01 Å². The van der Waals surface area contributed by atoms with Gasteiger partial charge in [0.2, 0.25) is 0 Å². The molecule has 160 valence electrons. The zero-order valence-electron chi connectivity index (χ0n) is 18.5. The number of likely N-dealkylation sites (N-methyl/N-ethyl adjacent to an activating group) is 1. The monoisotopic (exact) mass is 424 g/mol. The van der Waals surface area contributed by atoms with Crippen LogP contribution in [0.3, 0.4) is 0 Å². The van der Waals surface area contributed by atoms with Crippen molar-refractivity contribution < 1.29 is 9.59 Å². The van der Waals surface area contributed by atoms with Gasteiger partial charge in [0.15, 0.2) is 0 Å². The van der Waals surface area contributed by atoms with Crippen LogP contribution in [-0.2, 0) is 15.0 Å². The van der Waals surface area contributed by atoms with Crippen LogP contribution in [0.2, 0.25) is 0 Å². The van der Waals surface area contributed by atoms with E-state index in [0.717, 1.165) is 16.4 Å². The highest BCUT2D eigenvalue weighted by Crippen LogP contribution is 2.46. The van der Waals surface area contributed by atoms with Crippen LogP contribution >= 0.6 is 0 Å². The number of carbonyl (C=O) groups excluding carboxylic acids is 2. The summed E-state index contributed by atoms with van der Waals surface area (Å²) >= 11 is 0. The topological polar surface area (TPSA) is 76.4 Å². The first kappa shape index (κ1) is 21.1. The first-order valence-electron chi connectivity index (χ1n) is 10.3. The maximum atomic E-state index is 13.3. The Kier molecular flexibility index (Phi) is 5.19. The summed E-state index contributed by atoms with van der Waals surface area (Å²) in [6.45, 7) is 5.91. The van der Waals surface area contributed by atoms with Crippen LogP contribution in [0, 0.1) is 11.3 Å². The van der Waals surface area contributed by atoms with Gasteiger partial charge in [-0.3, -0.25) is 15.0 Å². The van der Waals surface area contributed by atoms with Gasteiger partial charge in [0.05, 0.1) is 5.69 Å². The number of hydrogen-bond acceptors (Lipinski definition) is 5. The van der Waals surface area contributed by atoms with Gasteiger partial charge in [0.1, 0.15) is 11.6 Å². The summed E-state index contributed by atoms with van der Waals surface area (Å²) in [6.07, 6.45) is 3.61. The van der Waals surface area contributed by atoms with Crippen LogP contribution in [0.5, 0.6) is 0 Å². The van der Waals surface area contributed by atoms with Gasteiger partial charge in [-0.2, -0.15) is 10.3 Å². The first-order chi connectivity index (χ1) is 15.3. The Morgan fingerprint density at radius 2 is 1.62 bits per heavy atom. The Bertz CT molecular complexity index is 1250. The third-order valence-corrected chi connectivity index (χ3v) is 6.10. The van der Waals surface area contributed by atoms with Crippen molar-refractivity contribution in [3.63, 3.8) is 0 Å². The number of imide groups is 1. The molecule has 0 spiro atoms. The number of rotatable bonds is 3. The molecule has 0 bridgehead atoms. The van der Waals surface area contributed by atoms with Crippen molar-refractivity contribution in [2.75, 3.05) is 17.4 Å². The van der Waals surface area contributed by atoms with Crippen LogP contribution in [0.1, 0.15) is 26.3 Å². The van der Waals surface area contributed by atoms with Gasteiger partial charge in [-0.25, -0.2) is 0 Å². The van der Waals surface area contributed by atoms with Gasteiger partial charge >= 0.3 is 0 Å². The van der Waals surface area contributed by atoms with Crippen LogP contribution in [0.4, 0.5) is 11.4 Å². The molecule has 2 aliphatic heterocycles. The van der Waals surface area contributed by atoms with Crippen molar-refractivity contribution >= 4 is 23.2 Å². The number of nitrogens with zero attached hydrogens (tertiary/aromatic N) is 3. The molecule has 2 aromatic rings. The molecule has 0 saturated carbocycles. The number of nitriles is 1. The lowest BCUT2D eigenvalue weighted by atomic mass is 9.83. The molecule has 2 aromatic carbocycles. The number of hydrazine groups is 1. The van der Waals surface area contributed by atoms with E-state index in [2.05, 4.69) is 36.3 Å². The molecule has 1 N–H and O–H groups in total. The summed E-state index contributed by atoms with van der Waals surface area (Å²) in [5, 5.41) is 10.5. The lowest BCUT2D eigenvalue weighted by molar-refractivity contribution is -0.138. The van der Waals surface area contributed by atoms with E-state index >= 15 is 0 Å². The number of fused-ring (bicyclic) bond motifs is 1. The highest BCUT2D eigenvalue weighted by atomic mass is 16.2. The van der Waals surface area contributed by atoms with Crippen molar-refractivity contribution in [3.05, 3.63) is 94.7 Å². The fourth-order valence-electron chi connectivity index (χ4n) is 4.32. The largest absolute Gasteiger partial charge is 0.347 e. The summed E-state index contributed by atoms with van der Waals surface area (Å²) in [7, 11) is 2.00. The highest BCUT2D eigenvalue weighted by molar-refractivity contribution is 6.18. The van der Waals surface area contributed by atoms with E-state index < -0.39 is 11.8 Å². The average molecular weight is 425 g/mol. The van der Waals surface area contributed by atoms with Crippen LogP contribution < -0.4 is 10.3 Å². The molecule has 2 heterocycles. The Morgan fingerprint density at radius 1 is 0.969 bits per heavy atom. The molecule has 0 saturated heterocycles. The molecule has 2 amide bonds. The number of hydrogen-bond donors (Lipinski definition) is 1. The smallest absolute Gasteiger partial charge is 0.290 e. The molecule has 4 rings (SSSR count). The molecule has 0 fully saturated rings. The van der Waals surface area contributed by atoms with E-state index in [1.807, 2.05) is 37.4 Å². The Balaban J connectivity index is 1.77. The van der Waals surface area contributed by atoms with Crippen molar-refractivity contribution in [1.29, 1.82) is 5.26 Å². The second-order valence-corrected chi connectivity index (χ2v) is 8.37. The Morgan fingerprint density at radius 3 is 2.28 bits per heavy atom. The molecule has 0 unspecified atom stereocenters. The normalized spacial score (nSPS) is 20.1. The average Bonchev–Trinajstić information content (AvgIpc) is 2.98.